The zero-order valence-corrected chi connectivity index (χ0v) is 13.0. The summed E-state index contributed by atoms with van der Waals surface area (Å²) < 4.78 is 6.40. The van der Waals surface area contributed by atoms with Gasteiger partial charge in [-0.15, -0.1) is 0 Å². The van der Waals surface area contributed by atoms with Gasteiger partial charge < -0.3 is 0 Å². The van der Waals surface area contributed by atoms with Crippen molar-refractivity contribution in [1.29, 1.82) is 0 Å². The molecular formula is C15H17NO3Se. The van der Waals surface area contributed by atoms with Crippen molar-refractivity contribution < 1.29 is 14.3 Å². The molecule has 0 aliphatic carbocycles. The number of nitrogens with one attached hydrogen (secondary N) is 1. The Bertz CT molecular complexity index is 533. The first-order valence-electron chi connectivity index (χ1n) is 6.84. The average molecular weight is 338 g/mol. The van der Waals surface area contributed by atoms with Gasteiger partial charge in [0, 0.05) is 0 Å². The van der Waals surface area contributed by atoms with Crippen LogP contribution in [0.5, 0.6) is 0 Å². The maximum absolute atomic E-state index is 12.4. The number of benzene rings is 1. The molecule has 0 bridgehead atoms. The molecular weight excluding hydrogens is 321 g/mol. The summed E-state index contributed by atoms with van der Waals surface area (Å²) in [5, 5.41) is 2.48. The maximum atomic E-state index is 12.4. The van der Waals surface area contributed by atoms with Gasteiger partial charge in [0.15, 0.2) is 0 Å². The molecule has 2 amide bonds. The van der Waals surface area contributed by atoms with E-state index < -0.39 is 4.31 Å². The van der Waals surface area contributed by atoms with Gasteiger partial charge in [-0.2, -0.15) is 0 Å². The van der Waals surface area contributed by atoms with E-state index in [9.17, 15) is 9.59 Å². The molecule has 2 fully saturated rings. The van der Waals surface area contributed by atoms with Gasteiger partial charge in [0.1, 0.15) is 0 Å². The van der Waals surface area contributed by atoms with Crippen molar-refractivity contribution in [1.82, 2.24) is 5.32 Å². The minimum atomic E-state index is -0.670. The van der Waals surface area contributed by atoms with Crippen LogP contribution in [0.1, 0.15) is 26.2 Å². The monoisotopic (exact) mass is 339 g/mol. The molecule has 2 aliphatic heterocycles. The van der Waals surface area contributed by atoms with Crippen LogP contribution in [0, 0.1) is 0 Å². The molecule has 20 heavy (non-hydrogen) atoms. The van der Waals surface area contributed by atoms with Crippen LogP contribution in [0.25, 0.3) is 0 Å². The summed E-state index contributed by atoms with van der Waals surface area (Å²) in [6, 6.07) is 9.95. The Balaban J connectivity index is 1.92. The van der Waals surface area contributed by atoms with Gasteiger partial charge in [0.25, 0.3) is 0 Å². The summed E-state index contributed by atoms with van der Waals surface area (Å²) >= 11 is -0.112. The number of imide groups is 1. The summed E-state index contributed by atoms with van der Waals surface area (Å²) in [7, 11) is 0. The number of hydrogen-bond acceptors (Lipinski definition) is 3. The standard InChI is InChI=1S/C15H17NO3Se/c1-10-7-8-12(19-10)15(9-13(17)16-14(15)18)20-11-5-3-2-4-6-11/h2-6,10,12H,7-9H2,1H3,(H,16,17,18)/t10-,12+,15+/m0/s1. The fourth-order valence-corrected chi connectivity index (χ4v) is 5.71. The molecule has 0 unspecified atom stereocenters. The summed E-state index contributed by atoms with van der Waals surface area (Å²) in [6.45, 7) is 2.03. The number of carbonyl (C=O) groups is 2. The minimum absolute atomic E-state index is 0.112. The molecule has 2 heterocycles. The molecule has 3 atom stereocenters. The number of amides is 2. The van der Waals surface area contributed by atoms with E-state index in [1.807, 2.05) is 37.3 Å². The second-order valence-corrected chi connectivity index (χ2v) is 8.32. The van der Waals surface area contributed by atoms with Crippen LogP contribution in [0.2, 0.25) is 4.31 Å². The van der Waals surface area contributed by atoms with Gasteiger partial charge in [0.2, 0.25) is 0 Å². The van der Waals surface area contributed by atoms with E-state index in [1.54, 1.807) is 0 Å². The van der Waals surface area contributed by atoms with Crippen molar-refractivity contribution in [3.63, 3.8) is 0 Å². The van der Waals surface area contributed by atoms with Crippen molar-refractivity contribution in [3.05, 3.63) is 30.3 Å². The topological polar surface area (TPSA) is 55.4 Å². The van der Waals surface area contributed by atoms with Gasteiger partial charge in [-0.1, -0.05) is 0 Å². The molecule has 2 aliphatic rings. The zero-order valence-electron chi connectivity index (χ0n) is 11.3. The summed E-state index contributed by atoms with van der Waals surface area (Å²) in [5.74, 6) is -0.318. The molecule has 0 aromatic heterocycles. The second kappa shape index (κ2) is 5.32. The van der Waals surface area contributed by atoms with Crippen LogP contribution in [-0.2, 0) is 14.3 Å². The van der Waals surface area contributed by atoms with Crippen molar-refractivity contribution in [2.45, 2.75) is 42.7 Å². The molecule has 1 aromatic carbocycles. The zero-order chi connectivity index (χ0) is 14.2. The summed E-state index contributed by atoms with van der Waals surface area (Å²) in [5.41, 5.74) is 0. The number of rotatable bonds is 3. The Kier molecular flexibility index (Phi) is 3.67. The van der Waals surface area contributed by atoms with E-state index in [0.717, 1.165) is 17.3 Å². The first-order valence-corrected chi connectivity index (χ1v) is 8.55. The van der Waals surface area contributed by atoms with E-state index >= 15 is 0 Å². The Labute approximate surface area is 124 Å². The summed E-state index contributed by atoms with van der Waals surface area (Å²) in [4.78, 5) is 24.1. The molecule has 0 radical (unpaired) electrons. The van der Waals surface area contributed by atoms with Gasteiger partial charge >= 0.3 is 124 Å². The van der Waals surface area contributed by atoms with Gasteiger partial charge in [-0.25, -0.2) is 0 Å². The Hall–Kier alpha value is -1.16. The molecule has 0 saturated carbocycles. The molecule has 1 N–H and O–H groups in total. The molecule has 5 heteroatoms. The van der Waals surface area contributed by atoms with Crippen molar-refractivity contribution in [3.8, 4) is 0 Å². The molecule has 3 rings (SSSR count). The first kappa shape index (κ1) is 13.8. The average Bonchev–Trinajstić information content (AvgIpc) is 2.96. The van der Waals surface area contributed by atoms with Gasteiger partial charge in [-0.05, 0) is 0 Å². The predicted octanol–water partition coefficient (Wildman–Crippen LogP) is 0.789. The summed E-state index contributed by atoms with van der Waals surface area (Å²) in [6.07, 6.45) is 2.11. The van der Waals surface area contributed by atoms with E-state index in [0.29, 0.717) is 0 Å². The molecule has 0 spiro atoms. The van der Waals surface area contributed by atoms with E-state index in [1.165, 1.54) is 0 Å². The third-order valence-corrected chi connectivity index (χ3v) is 6.93. The number of carbonyl (C=O) groups excluding carboxylic acids is 2. The molecule has 2 saturated heterocycles. The van der Waals surface area contributed by atoms with Gasteiger partial charge in [0.05, 0.1) is 0 Å². The van der Waals surface area contributed by atoms with Crippen LogP contribution < -0.4 is 9.78 Å². The predicted molar refractivity (Wildman–Crippen MR) is 75.9 cm³/mol. The Morgan fingerprint density at radius 3 is 2.55 bits per heavy atom. The number of ether oxygens (including phenoxy) is 1. The second-order valence-electron chi connectivity index (χ2n) is 5.37. The number of hydrogen-bond donors (Lipinski definition) is 1. The van der Waals surface area contributed by atoms with Crippen molar-refractivity contribution >= 4 is 31.2 Å². The van der Waals surface area contributed by atoms with Crippen LogP contribution in [0.3, 0.4) is 0 Å². The first-order chi connectivity index (χ1) is 9.60. The Morgan fingerprint density at radius 2 is 2.00 bits per heavy atom. The Morgan fingerprint density at radius 1 is 1.25 bits per heavy atom. The van der Waals surface area contributed by atoms with Crippen molar-refractivity contribution in [2.75, 3.05) is 0 Å². The normalized spacial score (nSPS) is 33.5. The molecule has 1 aromatic rings. The van der Waals surface area contributed by atoms with E-state index in [-0.39, 0.29) is 45.4 Å². The third kappa shape index (κ3) is 2.41. The fourth-order valence-electron chi connectivity index (χ4n) is 2.85. The van der Waals surface area contributed by atoms with E-state index in [4.69, 9.17) is 4.74 Å². The van der Waals surface area contributed by atoms with Crippen LogP contribution in [0.4, 0.5) is 0 Å². The van der Waals surface area contributed by atoms with Gasteiger partial charge in [-0.3, -0.25) is 0 Å². The van der Waals surface area contributed by atoms with Crippen LogP contribution >= 0.6 is 0 Å². The van der Waals surface area contributed by atoms with Crippen LogP contribution in [0.15, 0.2) is 30.3 Å². The molecule has 4 nitrogen and oxygen atoms in total. The quantitative estimate of drug-likeness (QED) is 0.655. The van der Waals surface area contributed by atoms with E-state index in [2.05, 4.69) is 5.32 Å². The molecule has 106 valence electrons. The van der Waals surface area contributed by atoms with Crippen molar-refractivity contribution in [2.24, 2.45) is 0 Å². The van der Waals surface area contributed by atoms with Crippen LogP contribution in [-0.4, -0.2) is 39.0 Å². The SMILES string of the molecule is C[C@H]1CC[C@H]([C@]2([Se]c3ccccc3)CC(=O)NC2=O)O1. The fraction of sp³-hybridized carbons (Fsp3) is 0.467. The third-order valence-electron chi connectivity index (χ3n) is 3.86.